The van der Waals surface area contributed by atoms with Gasteiger partial charge in [0.05, 0.1) is 26.7 Å². The highest BCUT2D eigenvalue weighted by Crippen LogP contribution is 2.32. The minimum absolute atomic E-state index is 0.0143. The van der Waals surface area contributed by atoms with Gasteiger partial charge < -0.3 is 9.88 Å². The van der Waals surface area contributed by atoms with Gasteiger partial charge >= 0.3 is 6.18 Å². The smallest absolute Gasteiger partial charge is 0.323 e. The molecule has 0 atom stereocenters. The molecule has 2 aromatic carbocycles. The van der Waals surface area contributed by atoms with Gasteiger partial charge in [-0.2, -0.15) is 13.2 Å². The summed E-state index contributed by atoms with van der Waals surface area (Å²) in [7, 11) is 0. The fourth-order valence-corrected chi connectivity index (χ4v) is 2.67. The van der Waals surface area contributed by atoms with Crippen molar-refractivity contribution in [1.82, 2.24) is 9.55 Å². The van der Waals surface area contributed by atoms with Gasteiger partial charge in [0.2, 0.25) is 11.7 Å². The molecule has 1 aromatic heterocycles. The van der Waals surface area contributed by atoms with Crippen molar-refractivity contribution in [2.45, 2.75) is 12.7 Å². The molecule has 11 heteroatoms. The summed E-state index contributed by atoms with van der Waals surface area (Å²) in [5.41, 5.74) is -0.177. The number of anilines is 1. The molecule has 0 unspecified atom stereocenters. The van der Waals surface area contributed by atoms with Crippen LogP contribution in [-0.2, 0) is 17.5 Å². The van der Waals surface area contributed by atoms with Gasteiger partial charge in [0.15, 0.2) is 0 Å². The largest absolute Gasteiger partial charge is 0.449 e. The van der Waals surface area contributed by atoms with Crippen LogP contribution in [0.2, 0.25) is 5.02 Å². The van der Waals surface area contributed by atoms with Crippen LogP contribution >= 0.6 is 11.6 Å². The van der Waals surface area contributed by atoms with Gasteiger partial charge in [-0.15, -0.1) is 0 Å². The van der Waals surface area contributed by atoms with Gasteiger partial charge in [-0.3, -0.25) is 14.9 Å². The van der Waals surface area contributed by atoms with E-state index in [1.54, 1.807) is 0 Å². The van der Waals surface area contributed by atoms with Crippen molar-refractivity contribution in [2.75, 3.05) is 5.32 Å². The van der Waals surface area contributed by atoms with Crippen LogP contribution in [0.1, 0.15) is 5.82 Å². The molecule has 3 aromatic rings. The van der Waals surface area contributed by atoms with Crippen molar-refractivity contribution < 1.29 is 22.9 Å². The first-order valence-electron chi connectivity index (χ1n) is 7.43. The number of non-ortho nitro benzene ring substituents is 1. The second kappa shape index (κ2) is 6.88. The number of amides is 1. The van der Waals surface area contributed by atoms with E-state index < -0.39 is 29.4 Å². The average molecular weight is 399 g/mol. The van der Waals surface area contributed by atoms with E-state index >= 15 is 0 Å². The molecular formula is C16H10ClF3N4O3. The third-order valence-corrected chi connectivity index (χ3v) is 3.97. The summed E-state index contributed by atoms with van der Waals surface area (Å²) in [5.74, 6) is -2.06. The number of carbonyl (C=O) groups is 1. The molecule has 0 aliphatic heterocycles. The van der Waals surface area contributed by atoms with E-state index in [1.807, 2.05) is 0 Å². The highest BCUT2D eigenvalue weighted by atomic mass is 35.5. The lowest BCUT2D eigenvalue weighted by Crippen LogP contribution is -2.23. The monoisotopic (exact) mass is 398 g/mol. The van der Waals surface area contributed by atoms with E-state index in [1.165, 1.54) is 30.3 Å². The number of nitro benzene ring substituents is 1. The van der Waals surface area contributed by atoms with Gasteiger partial charge in [-0.1, -0.05) is 23.7 Å². The standard InChI is InChI=1S/C16H10ClF3N4O3/c17-10-6-5-9(24(26)27)7-12(10)21-14(25)8-23-13-4-2-1-3-11(13)22-15(23)16(18,19)20/h1-7H,8H2,(H,21,25). The highest BCUT2D eigenvalue weighted by Gasteiger charge is 2.38. The zero-order valence-electron chi connectivity index (χ0n) is 13.3. The number of nitro groups is 1. The molecule has 0 radical (unpaired) electrons. The zero-order chi connectivity index (χ0) is 19.8. The Kier molecular flexibility index (Phi) is 4.75. The lowest BCUT2D eigenvalue weighted by molar-refractivity contribution is -0.384. The molecule has 1 heterocycles. The first-order valence-corrected chi connectivity index (χ1v) is 7.81. The fourth-order valence-electron chi connectivity index (χ4n) is 2.51. The fraction of sp³-hybridized carbons (Fsp3) is 0.125. The molecule has 7 nitrogen and oxygen atoms in total. The summed E-state index contributed by atoms with van der Waals surface area (Å²) in [4.78, 5) is 26.0. The predicted molar refractivity (Wildman–Crippen MR) is 91.5 cm³/mol. The second-order valence-corrected chi connectivity index (χ2v) is 5.88. The topological polar surface area (TPSA) is 90.1 Å². The highest BCUT2D eigenvalue weighted by molar-refractivity contribution is 6.33. The number of alkyl halides is 3. The van der Waals surface area contributed by atoms with E-state index in [9.17, 15) is 28.1 Å². The van der Waals surface area contributed by atoms with E-state index in [-0.39, 0.29) is 27.4 Å². The lowest BCUT2D eigenvalue weighted by Gasteiger charge is -2.12. The number of imidazole rings is 1. The maximum atomic E-state index is 13.3. The summed E-state index contributed by atoms with van der Waals surface area (Å²) in [6.07, 6.45) is -4.76. The van der Waals surface area contributed by atoms with Gasteiger partial charge in [-0.05, 0) is 18.2 Å². The molecule has 0 saturated heterocycles. The number of fused-ring (bicyclic) bond motifs is 1. The van der Waals surface area contributed by atoms with E-state index in [0.29, 0.717) is 0 Å². The Bertz CT molecular complexity index is 1050. The Hall–Kier alpha value is -3.14. The summed E-state index contributed by atoms with van der Waals surface area (Å²) in [5, 5.41) is 13.1. The SMILES string of the molecule is O=C(Cn1c(C(F)(F)F)nc2ccccc21)Nc1cc([N+](=O)[O-])ccc1Cl. The predicted octanol–water partition coefficient (Wildman–Crippen LogP) is 4.26. The van der Waals surface area contributed by atoms with Gasteiger partial charge in [0.25, 0.3) is 5.69 Å². The Morgan fingerprint density at radius 3 is 2.63 bits per heavy atom. The Labute approximate surface area is 154 Å². The number of benzene rings is 2. The molecule has 0 saturated carbocycles. The molecule has 0 spiro atoms. The number of nitrogens with one attached hydrogen (secondary N) is 1. The van der Waals surface area contributed by atoms with E-state index in [2.05, 4.69) is 10.3 Å². The van der Waals surface area contributed by atoms with Crippen LogP contribution in [0.25, 0.3) is 11.0 Å². The summed E-state index contributed by atoms with van der Waals surface area (Å²) >= 11 is 5.89. The number of rotatable bonds is 4. The molecular weight excluding hydrogens is 389 g/mol. The Balaban J connectivity index is 1.93. The van der Waals surface area contributed by atoms with Crippen LogP contribution in [0.3, 0.4) is 0 Å². The molecule has 1 N–H and O–H groups in total. The van der Waals surface area contributed by atoms with Crippen molar-refractivity contribution in [1.29, 1.82) is 0 Å². The molecule has 0 aliphatic rings. The maximum absolute atomic E-state index is 13.3. The van der Waals surface area contributed by atoms with Crippen molar-refractivity contribution >= 4 is 39.9 Å². The van der Waals surface area contributed by atoms with Crippen LogP contribution in [0.5, 0.6) is 0 Å². The lowest BCUT2D eigenvalue weighted by atomic mass is 10.2. The average Bonchev–Trinajstić information content (AvgIpc) is 2.95. The number of aromatic nitrogens is 2. The molecule has 3 rings (SSSR count). The van der Waals surface area contributed by atoms with Crippen LogP contribution in [0, 0.1) is 10.1 Å². The molecule has 0 bridgehead atoms. The van der Waals surface area contributed by atoms with Crippen molar-refractivity contribution in [3.05, 3.63) is 63.4 Å². The summed E-state index contributed by atoms with van der Waals surface area (Å²) < 4.78 is 40.5. The molecule has 140 valence electrons. The third-order valence-electron chi connectivity index (χ3n) is 3.64. The van der Waals surface area contributed by atoms with Crippen molar-refractivity contribution in [2.24, 2.45) is 0 Å². The molecule has 27 heavy (non-hydrogen) atoms. The van der Waals surface area contributed by atoms with Crippen LogP contribution in [-0.4, -0.2) is 20.4 Å². The Morgan fingerprint density at radius 1 is 1.26 bits per heavy atom. The molecule has 1 amide bonds. The number of halogens is 4. The number of hydrogen-bond donors (Lipinski definition) is 1. The minimum atomic E-state index is -4.76. The number of para-hydroxylation sites is 2. The summed E-state index contributed by atoms with van der Waals surface area (Å²) in [6, 6.07) is 9.24. The number of carbonyl (C=O) groups excluding carboxylic acids is 1. The van der Waals surface area contributed by atoms with Crippen molar-refractivity contribution in [3.63, 3.8) is 0 Å². The normalized spacial score (nSPS) is 11.6. The van der Waals surface area contributed by atoms with E-state index in [4.69, 9.17) is 11.6 Å². The Morgan fingerprint density at radius 2 is 1.96 bits per heavy atom. The summed E-state index contributed by atoms with van der Waals surface area (Å²) in [6.45, 7) is -0.700. The number of hydrogen-bond acceptors (Lipinski definition) is 4. The number of nitrogens with zero attached hydrogens (tertiary/aromatic N) is 3. The maximum Gasteiger partial charge on any atom is 0.449 e. The second-order valence-electron chi connectivity index (χ2n) is 5.48. The third kappa shape index (κ3) is 3.85. The first-order chi connectivity index (χ1) is 12.7. The molecule has 0 aliphatic carbocycles. The molecule has 0 fully saturated rings. The van der Waals surface area contributed by atoms with E-state index in [0.717, 1.165) is 16.7 Å². The van der Waals surface area contributed by atoms with Gasteiger partial charge in [-0.25, -0.2) is 4.98 Å². The van der Waals surface area contributed by atoms with Crippen molar-refractivity contribution in [3.8, 4) is 0 Å². The van der Waals surface area contributed by atoms with Crippen LogP contribution < -0.4 is 5.32 Å². The first kappa shape index (κ1) is 18.6. The zero-order valence-corrected chi connectivity index (χ0v) is 14.1. The van der Waals surface area contributed by atoms with Crippen LogP contribution in [0.4, 0.5) is 24.5 Å². The quantitative estimate of drug-likeness (QED) is 0.525. The van der Waals surface area contributed by atoms with Gasteiger partial charge in [0.1, 0.15) is 6.54 Å². The van der Waals surface area contributed by atoms with Gasteiger partial charge in [0, 0.05) is 12.1 Å². The van der Waals surface area contributed by atoms with Crippen LogP contribution in [0.15, 0.2) is 42.5 Å². The minimum Gasteiger partial charge on any atom is -0.323 e.